The molecule has 0 N–H and O–H groups in total. The molecular formula is C16H16N2O4S. The Morgan fingerprint density at radius 2 is 1.83 bits per heavy atom. The van der Waals surface area contributed by atoms with E-state index < -0.39 is 9.84 Å². The van der Waals surface area contributed by atoms with E-state index in [9.17, 15) is 18.0 Å². The van der Waals surface area contributed by atoms with Crippen LogP contribution in [0.2, 0.25) is 0 Å². The van der Waals surface area contributed by atoms with Crippen LogP contribution in [0.1, 0.15) is 16.1 Å². The Balaban J connectivity index is 2.01. The number of rotatable bonds is 1. The van der Waals surface area contributed by atoms with Crippen LogP contribution in [0.3, 0.4) is 0 Å². The van der Waals surface area contributed by atoms with E-state index in [0.29, 0.717) is 5.56 Å². The maximum Gasteiger partial charge on any atom is 0.270 e. The molecule has 1 aliphatic heterocycles. The van der Waals surface area contributed by atoms with Crippen molar-refractivity contribution in [3.63, 3.8) is 0 Å². The van der Waals surface area contributed by atoms with Crippen molar-refractivity contribution in [2.45, 2.75) is 11.4 Å². The van der Waals surface area contributed by atoms with Gasteiger partial charge in [0.05, 0.1) is 10.6 Å². The zero-order valence-corrected chi connectivity index (χ0v) is 13.4. The number of amides is 1. The second kappa shape index (κ2) is 5.66. The predicted octanol–water partition coefficient (Wildman–Crippen LogP) is 0.815. The third-order valence-corrected chi connectivity index (χ3v) is 5.78. The van der Waals surface area contributed by atoms with Gasteiger partial charge in [-0.1, -0.05) is 24.3 Å². The molecule has 0 atom stereocenters. The molecule has 0 unspecified atom stereocenters. The molecule has 1 amide bonds. The molecular weight excluding hydrogens is 316 g/mol. The number of sulfone groups is 1. The number of aromatic nitrogens is 1. The molecule has 0 spiro atoms. The third-order valence-electron chi connectivity index (χ3n) is 3.99. The van der Waals surface area contributed by atoms with Gasteiger partial charge in [0.2, 0.25) is 0 Å². The minimum Gasteiger partial charge on any atom is -0.332 e. The van der Waals surface area contributed by atoms with E-state index in [4.69, 9.17) is 0 Å². The fourth-order valence-corrected chi connectivity index (χ4v) is 4.18. The van der Waals surface area contributed by atoms with Crippen molar-refractivity contribution in [1.29, 1.82) is 0 Å². The Hall–Kier alpha value is -2.41. The van der Waals surface area contributed by atoms with Crippen LogP contribution in [0.4, 0.5) is 0 Å². The van der Waals surface area contributed by atoms with E-state index in [1.165, 1.54) is 28.6 Å². The van der Waals surface area contributed by atoms with Gasteiger partial charge in [-0.2, -0.15) is 0 Å². The van der Waals surface area contributed by atoms with Gasteiger partial charge in [-0.15, -0.1) is 0 Å². The van der Waals surface area contributed by atoms with Crippen molar-refractivity contribution in [3.05, 3.63) is 64.1 Å². The molecule has 0 saturated heterocycles. The van der Waals surface area contributed by atoms with Gasteiger partial charge in [-0.3, -0.25) is 9.59 Å². The Kier molecular flexibility index (Phi) is 3.81. The van der Waals surface area contributed by atoms with Crippen molar-refractivity contribution in [2.24, 2.45) is 7.05 Å². The van der Waals surface area contributed by atoms with E-state index >= 15 is 0 Å². The van der Waals surface area contributed by atoms with Gasteiger partial charge in [-0.05, 0) is 17.7 Å². The molecule has 1 aromatic heterocycles. The fourth-order valence-electron chi connectivity index (χ4n) is 2.68. The maximum absolute atomic E-state index is 12.7. The average Bonchev–Trinajstić information content (AvgIpc) is 2.66. The lowest BCUT2D eigenvalue weighted by Crippen LogP contribution is -2.36. The second-order valence-corrected chi connectivity index (χ2v) is 7.54. The molecule has 0 radical (unpaired) electrons. The highest BCUT2D eigenvalue weighted by Crippen LogP contribution is 2.23. The Morgan fingerprint density at radius 3 is 2.61 bits per heavy atom. The summed E-state index contributed by atoms with van der Waals surface area (Å²) in [5.41, 5.74) is 0.562. The Labute approximate surface area is 133 Å². The highest BCUT2D eigenvalue weighted by molar-refractivity contribution is 7.91. The summed E-state index contributed by atoms with van der Waals surface area (Å²) in [6, 6.07) is 11.2. The normalized spacial score (nSPS) is 16.5. The van der Waals surface area contributed by atoms with Gasteiger partial charge >= 0.3 is 0 Å². The zero-order chi connectivity index (χ0) is 16.6. The molecule has 0 aliphatic carbocycles. The van der Waals surface area contributed by atoms with Crippen LogP contribution in [0.5, 0.6) is 0 Å². The minimum atomic E-state index is -3.41. The van der Waals surface area contributed by atoms with Gasteiger partial charge in [0.1, 0.15) is 5.69 Å². The third kappa shape index (κ3) is 2.79. The first-order valence-electron chi connectivity index (χ1n) is 7.16. The summed E-state index contributed by atoms with van der Waals surface area (Å²) in [6.45, 7) is 0.302. The molecule has 0 fully saturated rings. The molecule has 0 bridgehead atoms. The van der Waals surface area contributed by atoms with Crippen molar-refractivity contribution >= 4 is 15.7 Å². The van der Waals surface area contributed by atoms with Crippen molar-refractivity contribution in [2.75, 3.05) is 12.3 Å². The zero-order valence-electron chi connectivity index (χ0n) is 12.6. The summed E-state index contributed by atoms with van der Waals surface area (Å²) in [7, 11) is -1.88. The highest BCUT2D eigenvalue weighted by atomic mass is 32.2. The Morgan fingerprint density at radius 1 is 1.09 bits per heavy atom. The van der Waals surface area contributed by atoms with Crippen LogP contribution >= 0.6 is 0 Å². The number of carbonyl (C=O) groups excluding carboxylic acids is 1. The molecule has 2 heterocycles. The van der Waals surface area contributed by atoms with Crippen molar-refractivity contribution < 1.29 is 13.2 Å². The van der Waals surface area contributed by atoms with Crippen LogP contribution < -0.4 is 5.56 Å². The highest BCUT2D eigenvalue weighted by Gasteiger charge is 2.28. The summed E-state index contributed by atoms with van der Waals surface area (Å²) in [6.07, 6.45) is 0. The summed E-state index contributed by atoms with van der Waals surface area (Å²) in [5.74, 6) is -0.478. The Bertz CT molecular complexity index is 931. The van der Waals surface area contributed by atoms with Crippen LogP contribution in [-0.2, 0) is 23.4 Å². The van der Waals surface area contributed by atoms with Crippen LogP contribution in [0, 0.1) is 0 Å². The lowest BCUT2D eigenvalue weighted by atomic mass is 10.2. The minimum absolute atomic E-state index is 0.0962. The first-order valence-corrected chi connectivity index (χ1v) is 8.81. The van der Waals surface area contributed by atoms with Crippen LogP contribution in [0.25, 0.3) is 0 Å². The molecule has 0 saturated carbocycles. The topological polar surface area (TPSA) is 76.5 Å². The standard InChI is InChI=1S/C16H16N2O4S/c1-17-13(6-4-8-15(17)19)16(20)18-9-10-23(21,22)14-7-3-2-5-12(14)11-18/h2-8H,9-11H2,1H3. The molecule has 1 aromatic carbocycles. The smallest absolute Gasteiger partial charge is 0.270 e. The fraction of sp³-hybridized carbons (Fsp3) is 0.250. The second-order valence-electron chi connectivity index (χ2n) is 5.46. The predicted molar refractivity (Wildman–Crippen MR) is 84.9 cm³/mol. The van der Waals surface area contributed by atoms with Gasteiger partial charge in [-0.25, -0.2) is 8.42 Å². The number of fused-ring (bicyclic) bond motifs is 1. The molecule has 3 rings (SSSR count). The number of hydrogen-bond donors (Lipinski definition) is 0. The van der Waals surface area contributed by atoms with E-state index in [-0.39, 0.29) is 40.9 Å². The van der Waals surface area contributed by atoms with Gasteiger partial charge < -0.3 is 9.47 Å². The largest absolute Gasteiger partial charge is 0.332 e. The first kappa shape index (κ1) is 15.5. The summed E-state index contributed by atoms with van der Waals surface area (Å²) in [4.78, 5) is 26.2. The molecule has 7 heteroatoms. The summed E-state index contributed by atoms with van der Waals surface area (Å²) >= 11 is 0. The van der Waals surface area contributed by atoms with E-state index in [1.807, 2.05) is 0 Å². The van der Waals surface area contributed by atoms with Crippen molar-refractivity contribution in [3.8, 4) is 0 Å². The number of hydrogen-bond acceptors (Lipinski definition) is 4. The summed E-state index contributed by atoms with van der Waals surface area (Å²) < 4.78 is 25.9. The maximum atomic E-state index is 12.7. The van der Waals surface area contributed by atoms with Crippen molar-refractivity contribution in [1.82, 2.24) is 9.47 Å². The van der Waals surface area contributed by atoms with Gasteiger partial charge in [0.25, 0.3) is 11.5 Å². The van der Waals surface area contributed by atoms with Crippen LogP contribution in [0.15, 0.2) is 52.2 Å². The van der Waals surface area contributed by atoms with Gasteiger partial charge in [0, 0.05) is 26.2 Å². The molecule has 6 nitrogen and oxygen atoms in total. The molecule has 2 aromatic rings. The molecule has 1 aliphatic rings. The summed E-state index contributed by atoms with van der Waals surface area (Å²) in [5, 5.41) is 0. The lowest BCUT2D eigenvalue weighted by molar-refractivity contribution is 0.0743. The van der Waals surface area contributed by atoms with E-state index in [0.717, 1.165) is 0 Å². The number of pyridine rings is 1. The number of nitrogens with zero attached hydrogens (tertiary/aromatic N) is 2. The van der Waals surface area contributed by atoms with E-state index in [2.05, 4.69) is 0 Å². The van der Waals surface area contributed by atoms with E-state index in [1.54, 1.807) is 30.3 Å². The van der Waals surface area contributed by atoms with Gasteiger partial charge in [0.15, 0.2) is 9.84 Å². The lowest BCUT2D eigenvalue weighted by Gasteiger charge is -2.21. The number of benzene rings is 1. The molecule has 23 heavy (non-hydrogen) atoms. The number of carbonyl (C=O) groups is 1. The quantitative estimate of drug-likeness (QED) is 0.774. The first-order chi connectivity index (χ1) is 10.9. The average molecular weight is 332 g/mol. The SMILES string of the molecule is Cn1c(C(=O)N2CCS(=O)(=O)c3ccccc3C2)cccc1=O. The van der Waals surface area contributed by atoms with Crippen LogP contribution in [-0.4, -0.2) is 36.1 Å². The molecule has 120 valence electrons. The monoisotopic (exact) mass is 332 g/mol.